The maximum Gasteiger partial charge on any atom is 0.222 e. The third-order valence-corrected chi connectivity index (χ3v) is 11.6. The average molecular weight is 802 g/mol. The summed E-state index contributed by atoms with van der Waals surface area (Å²) < 4.78 is 0. The molecule has 1 amide bonds. The molecule has 0 aromatic carbocycles. The number of amides is 1. The Labute approximate surface area is 355 Å². The summed E-state index contributed by atoms with van der Waals surface area (Å²) in [5.74, 6) is -0.325. The van der Waals surface area contributed by atoms with Crippen molar-refractivity contribution < 1.29 is 20.1 Å². The largest absolute Gasteiger partial charge is 0.394 e. The van der Waals surface area contributed by atoms with Crippen molar-refractivity contribution in [3.05, 3.63) is 36.5 Å². The SMILES string of the molecule is CCCCCCCCCCCCCC/C=C\CCCCCCCCCCC(O)CC(=O)NC(CO)C(O)/C=C/CC/C=C/CCCCCCCCCCCCCC. The van der Waals surface area contributed by atoms with Crippen LogP contribution in [0.2, 0.25) is 0 Å². The van der Waals surface area contributed by atoms with Crippen LogP contribution in [0.25, 0.3) is 0 Å². The van der Waals surface area contributed by atoms with E-state index in [1.165, 1.54) is 205 Å². The molecule has 0 fully saturated rings. The molecule has 0 aliphatic carbocycles. The zero-order chi connectivity index (χ0) is 41.5. The van der Waals surface area contributed by atoms with Gasteiger partial charge in [0.25, 0.3) is 0 Å². The summed E-state index contributed by atoms with van der Waals surface area (Å²) in [6, 6.07) is -0.762. The quantitative estimate of drug-likeness (QED) is 0.0365. The third-order valence-electron chi connectivity index (χ3n) is 11.6. The maximum absolute atomic E-state index is 12.5. The van der Waals surface area contributed by atoms with Crippen molar-refractivity contribution in [2.24, 2.45) is 0 Å². The molecule has 0 rings (SSSR count). The van der Waals surface area contributed by atoms with Gasteiger partial charge in [-0.05, 0) is 57.8 Å². The van der Waals surface area contributed by atoms with Gasteiger partial charge >= 0.3 is 0 Å². The minimum Gasteiger partial charge on any atom is -0.394 e. The highest BCUT2D eigenvalue weighted by atomic mass is 16.3. The fourth-order valence-corrected chi connectivity index (χ4v) is 7.76. The van der Waals surface area contributed by atoms with Crippen LogP contribution in [-0.4, -0.2) is 46.1 Å². The third kappa shape index (κ3) is 44.0. The van der Waals surface area contributed by atoms with Gasteiger partial charge in [0.1, 0.15) is 0 Å². The summed E-state index contributed by atoms with van der Waals surface area (Å²) >= 11 is 0. The van der Waals surface area contributed by atoms with E-state index in [0.29, 0.717) is 6.42 Å². The molecule has 0 radical (unpaired) electrons. The van der Waals surface area contributed by atoms with Gasteiger partial charge in [-0.15, -0.1) is 0 Å². The molecule has 0 aromatic heterocycles. The second-order valence-corrected chi connectivity index (χ2v) is 17.4. The zero-order valence-electron chi connectivity index (χ0n) is 38.2. The van der Waals surface area contributed by atoms with Crippen LogP contribution in [0.4, 0.5) is 0 Å². The first-order valence-corrected chi connectivity index (χ1v) is 25.3. The van der Waals surface area contributed by atoms with Gasteiger partial charge in [0.15, 0.2) is 0 Å². The fraction of sp³-hybridized carbons (Fsp3) is 0.865. The van der Waals surface area contributed by atoms with Crippen molar-refractivity contribution in [1.29, 1.82) is 0 Å². The molecule has 0 saturated heterocycles. The molecule has 5 heteroatoms. The van der Waals surface area contributed by atoms with E-state index in [4.69, 9.17) is 0 Å². The number of aliphatic hydroxyl groups excluding tert-OH is 3. The molecule has 3 atom stereocenters. The Morgan fingerprint density at radius 1 is 0.439 bits per heavy atom. The highest BCUT2D eigenvalue weighted by Gasteiger charge is 2.20. The van der Waals surface area contributed by atoms with Gasteiger partial charge < -0.3 is 20.6 Å². The lowest BCUT2D eigenvalue weighted by Crippen LogP contribution is -2.45. The lowest BCUT2D eigenvalue weighted by Gasteiger charge is -2.21. The monoisotopic (exact) mass is 802 g/mol. The Kier molecular flexibility index (Phi) is 46.1. The first kappa shape index (κ1) is 55.6. The highest BCUT2D eigenvalue weighted by Crippen LogP contribution is 2.16. The molecule has 0 heterocycles. The van der Waals surface area contributed by atoms with Gasteiger partial charge in [0.05, 0.1) is 31.3 Å². The van der Waals surface area contributed by atoms with Crippen LogP contribution in [0.3, 0.4) is 0 Å². The number of hydrogen-bond donors (Lipinski definition) is 4. The van der Waals surface area contributed by atoms with Crippen LogP contribution in [-0.2, 0) is 4.79 Å². The Balaban J connectivity index is 3.64. The van der Waals surface area contributed by atoms with Gasteiger partial charge in [0, 0.05) is 0 Å². The van der Waals surface area contributed by atoms with Gasteiger partial charge in [-0.3, -0.25) is 4.79 Å². The van der Waals surface area contributed by atoms with E-state index in [1.54, 1.807) is 6.08 Å². The van der Waals surface area contributed by atoms with Crippen molar-refractivity contribution in [2.75, 3.05) is 6.61 Å². The summed E-state index contributed by atoms with van der Waals surface area (Å²) in [6.45, 7) is 4.22. The van der Waals surface area contributed by atoms with Crippen LogP contribution >= 0.6 is 0 Å². The molecular formula is C52H99NO4. The van der Waals surface area contributed by atoms with Gasteiger partial charge in [-0.25, -0.2) is 0 Å². The number of carbonyl (C=O) groups excluding carboxylic acids is 1. The number of aliphatic hydroxyl groups is 3. The summed E-state index contributed by atoms with van der Waals surface area (Å²) in [5, 5.41) is 33.3. The molecule has 336 valence electrons. The smallest absolute Gasteiger partial charge is 0.222 e. The lowest BCUT2D eigenvalue weighted by atomic mass is 10.0. The molecule has 5 nitrogen and oxygen atoms in total. The van der Waals surface area contributed by atoms with E-state index >= 15 is 0 Å². The van der Waals surface area contributed by atoms with Crippen molar-refractivity contribution in [2.45, 2.75) is 283 Å². The van der Waals surface area contributed by atoms with Gasteiger partial charge in [-0.2, -0.15) is 0 Å². The minimum absolute atomic E-state index is 0.00469. The number of nitrogens with one attached hydrogen (secondary N) is 1. The normalized spacial score (nSPS) is 13.7. The molecule has 3 unspecified atom stereocenters. The first-order valence-electron chi connectivity index (χ1n) is 25.3. The van der Waals surface area contributed by atoms with E-state index in [2.05, 4.69) is 43.5 Å². The van der Waals surface area contributed by atoms with Crippen LogP contribution in [0.15, 0.2) is 36.5 Å². The van der Waals surface area contributed by atoms with Crippen molar-refractivity contribution in [3.63, 3.8) is 0 Å². The predicted molar refractivity (Wildman–Crippen MR) is 250 cm³/mol. The summed E-state index contributed by atoms with van der Waals surface area (Å²) in [4.78, 5) is 12.5. The molecule has 0 aromatic rings. The van der Waals surface area contributed by atoms with E-state index in [0.717, 1.165) is 32.1 Å². The Morgan fingerprint density at radius 3 is 1.12 bits per heavy atom. The number of rotatable bonds is 46. The summed E-state index contributed by atoms with van der Waals surface area (Å²) in [6.07, 6.45) is 60.2. The molecule has 0 saturated carbocycles. The standard InChI is InChI=1S/C52H99NO4/c1-3-5-7-9-11-13-15-17-19-21-23-24-25-26-27-28-29-31-33-35-37-39-41-43-45-49(55)47-52(57)53-50(48-54)51(56)46-44-42-40-38-36-34-32-30-22-20-18-16-14-12-10-8-6-4-2/h26-27,36,38,44,46,49-51,54-56H,3-25,28-35,37,39-43,45,47-48H2,1-2H3,(H,53,57)/b27-26-,38-36+,46-44+. The van der Waals surface area contributed by atoms with Crippen molar-refractivity contribution >= 4 is 5.91 Å². The Hall–Kier alpha value is -1.43. The van der Waals surface area contributed by atoms with Crippen molar-refractivity contribution in [1.82, 2.24) is 5.32 Å². The molecular weight excluding hydrogens is 703 g/mol. The number of allylic oxidation sites excluding steroid dienone is 5. The van der Waals surface area contributed by atoms with Gasteiger partial charge in [-0.1, -0.05) is 237 Å². The van der Waals surface area contributed by atoms with Crippen molar-refractivity contribution in [3.8, 4) is 0 Å². The highest BCUT2D eigenvalue weighted by molar-refractivity contribution is 5.76. The van der Waals surface area contributed by atoms with E-state index in [1.807, 2.05) is 6.08 Å². The molecule has 0 bridgehead atoms. The lowest BCUT2D eigenvalue weighted by molar-refractivity contribution is -0.124. The van der Waals surface area contributed by atoms with Crippen LogP contribution in [0.5, 0.6) is 0 Å². The number of carbonyl (C=O) groups is 1. The molecule has 0 aliphatic heterocycles. The second-order valence-electron chi connectivity index (χ2n) is 17.4. The fourth-order valence-electron chi connectivity index (χ4n) is 7.76. The average Bonchev–Trinajstić information content (AvgIpc) is 3.20. The molecule has 0 aliphatic rings. The van der Waals surface area contributed by atoms with Crippen LogP contribution in [0, 0.1) is 0 Å². The predicted octanol–water partition coefficient (Wildman–Crippen LogP) is 15.1. The van der Waals surface area contributed by atoms with Crippen LogP contribution < -0.4 is 5.32 Å². The second kappa shape index (κ2) is 47.3. The molecule has 0 spiro atoms. The summed E-state index contributed by atoms with van der Waals surface area (Å²) in [7, 11) is 0. The van der Waals surface area contributed by atoms with E-state index < -0.39 is 18.2 Å². The topological polar surface area (TPSA) is 89.8 Å². The first-order chi connectivity index (χ1) is 28.0. The van der Waals surface area contributed by atoms with E-state index in [9.17, 15) is 20.1 Å². The number of unbranched alkanes of at least 4 members (excludes halogenated alkanes) is 33. The Morgan fingerprint density at radius 2 is 0.754 bits per heavy atom. The van der Waals surface area contributed by atoms with E-state index in [-0.39, 0.29) is 18.9 Å². The Bertz CT molecular complexity index is 885. The minimum atomic E-state index is -0.952. The molecule has 4 N–H and O–H groups in total. The van der Waals surface area contributed by atoms with Gasteiger partial charge in [0.2, 0.25) is 5.91 Å². The summed E-state index contributed by atoms with van der Waals surface area (Å²) in [5.41, 5.74) is 0. The maximum atomic E-state index is 12.5. The molecule has 57 heavy (non-hydrogen) atoms. The van der Waals surface area contributed by atoms with Crippen LogP contribution in [0.1, 0.15) is 264 Å². The number of hydrogen-bond acceptors (Lipinski definition) is 4. The zero-order valence-corrected chi connectivity index (χ0v) is 38.2.